The van der Waals surface area contributed by atoms with E-state index in [0.717, 1.165) is 13.0 Å². The topological polar surface area (TPSA) is 21.3 Å². The van der Waals surface area contributed by atoms with Gasteiger partial charge in [0.25, 0.3) is 0 Å². The summed E-state index contributed by atoms with van der Waals surface area (Å²) in [6, 6.07) is 5.86. The largest absolute Gasteiger partial charge is 0.492 e. The zero-order valence-electron chi connectivity index (χ0n) is 11.7. The van der Waals surface area contributed by atoms with Crippen LogP contribution in [0.25, 0.3) is 0 Å². The molecule has 0 saturated carbocycles. The minimum atomic E-state index is 0.577. The molecular weight excluding hydrogens is 281 g/mol. The molecule has 0 atom stereocenters. The highest BCUT2D eigenvalue weighted by Gasteiger charge is 2.02. The lowest BCUT2D eigenvalue weighted by Crippen LogP contribution is -2.23. The number of unbranched alkanes of at least 4 members (excludes halogenated alkanes) is 3. The summed E-state index contributed by atoms with van der Waals surface area (Å²) in [6.07, 6.45) is 4.67. The van der Waals surface area contributed by atoms with Gasteiger partial charge < -0.3 is 10.1 Å². The Balaban J connectivity index is 2.06. The lowest BCUT2D eigenvalue weighted by atomic mass is 10.2. The van der Waals surface area contributed by atoms with Gasteiger partial charge in [-0.2, -0.15) is 0 Å². The first kappa shape index (κ1) is 16.6. The predicted molar refractivity (Wildman–Crippen MR) is 83.6 cm³/mol. The molecule has 1 N–H and O–H groups in total. The van der Waals surface area contributed by atoms with Gasteiger partial charge in [-0.3, -0.25) is 0 Å². The molecule has 0 aromatic heterocycles. The van der Waals surface area contributed by atoms with Crippen LogP contribution in [0.4, 0.5) is 0 Å². The Kier molecular flexibility index (Phi) is 8.27. The van der Waals surface area contributed by atoms with Crippen LogP contribution in [0.5, 0.6) is 5.75 Å². The molecule has 0 aliphatic rings. The number of nitrogens with one attached hydrogen (secondary N) is 1. The van der Waals surface area contributed by atoms with Crippen molar-refractivity contribution in [3.05, 3.63) is 28.2 Å². The highest BCUT2D eigenvalue weighted by atomic mass is 35.5. The van der Waals surface area contributed by atoms with Crippen molar-refractivity contribution in [1.82, 2.24) is 5.32 Å². The lowest BCUT2D eigenvalue weighted by Gasteiger charge is -2.09. The standard InChI is InChI=1S/C15H23Cl2NO/c1-12(2)18-9-5-3-4-6-10-19-15-11-13(16)7-8-14(15)17/h7-8,11-12,18H,3-6,9-10H2,1-2H3. The summed E-state index contributed by atoms with van der Waals surface area (Å²) in [5.74, 6) is 0.677. The van der Waals surface area contributed by atoms with Gasteiger partial charge >= 0.3 is 0 Å². The van der Waals surface area contributed by atoms with Crippen molar-refractivity contribution in [3.63, 3.8) is 0 Å². The van der Waals surface area contributed by atoms with Gasteiger partial charge in [-0.25, -0.2) is 0 Å². The van der Waals surface area contributed by atoms with Crippen LogP contribution in [-0.2, 0) is 0 Å². The fourth-order valence-electron chi connectivity index (χ4n) is 1.74. The molecule has 0 spiro atoms. The Morgan fingerprint density at radius 2 is 1.84 bits per heavy atom. The fourth-order valence-corrected chi connectivity index (χ4v) is 2.08. The van der Waals surface area contributed by atoms with Gasteiger partial charge in [0.15, 0.2) is 0 Å². The first-order valence-electron chi connectivity index (χ1n) is 6.91. The SMILES string of the molecule is CC(C)NCCCCCCOc1cc(Cl)ccc1Cl. The molecule has 0 aliphatic heterocycles. The molecule has 108 valence electrons. The number of hydrogen-bond acceptors (Lipinski definition) is 2. The maximum absolute atomic E-state index is 6.02. The summed E-state index contributed by atoms with van der Waals surface area (Å²) < 4.78 is 5.63. The van der Waals surface area contributed by atoms with Crippen molar-refractivity contribution < 1.29 is 4.74 Å². The smallest absolute Gasteiger partial charge is 0.139 e. The van der Waals surface area contributed by atoms with Crippen molar-refractivity contribution in [2.45, 2.75) is 45.6 Å². The quantitative estimate of drug-likeness (QED) is 0.653. The maximum atomic E-state index is 6.02. The number of rotatable bonds is 9. The first-order valence-corrected chi connectivity index (χ1v) is 7.66. The van der Waals surface area contributed by atoms with Crippen LogP contribution < -0.4 is 10.1 Å². The van der Waals surface area contributed by atoms with Crippen molar-refractivity contribution in [3.8, 4) is 5.75 Å². The van der Waals surface area contributed by atoms with E-state index in [1.54, 1.807) is 18.2 Å². The van der Waals surface area contributed by atoms with Crippen molar-refractivity contribution >= 4 is 23.2 Å². The molecule has 0 radical (unpaired) electrons. The summed E-state index contributed by atoms with van der Waals surface area (Å²) in [5, 5.41) is 4.68. The highest BCUT2D eigenvalue weighted by Crippen LogP contribution is 2.27. The van der Waals surface area contributed by atoms with Crippen LogP contribution in [0.1, 0.15) is 39.5 Å². The second-order valence-corrected chi connectivity index (χ2v) is 5.79. The predicted octanol–water partition coefficient (Wildman–Crippen LogP) is 4.93. The molecule has 1 aromatic carbocycles. The molecule has 0 heterocycles. The van der Waals surface area contributed by atoms with Crippen LogP contribution in [0.2, 0.25) is 10.0 Å². The average molecular weight is 304 g/mol. The summed E-state index contributed by atoms with van der Waals surface area (Å²) in [4.78, 5) is 0. The second-order valence-electron chi connectivity index (χ2n) is 4.95. The molecule has 1 aromatic rings. The van der Waals surface area contributed by atoms with Crippen LogP contribution in [0.15, 0.2) is 18.2 Å². The van der Waals surface area contributed by atoms with Crippen LogP contribution >= 0.6 is 23.2 Å². The molecule has 0 saturated heterocycles. The maximum Gasteiger partial charge on any atom is 0.139 e. The Bertz CT molecular complexity index is 369. The van der Waals surface area contributed by atoms with E-state index in [9.17, 15) is 0 Å². The van der Waals surface area contributed by atoms with Gasteiger partial charge in [-0.05, 0) is 31.5 Å². The zero-order valence-corrected chi connectivity index (χ0v) is 13.2. The monoisotopic (exact) mass is 303 g/mol. The zero-order chi connectivity index (χ0) is 14.1. The van der Waals surface area contributed by atoms with E-state index in [1.165, 1.54) is 19.3 Å². The van der Waals surface area contributed by atoms with Crippen molar-refractivity contribution in [2.75, 3.05) is 13.2 Å². The Morgan fingerprint density at radius 3 is 2.58 bits per heavy atom. The molecule has 0 bridgehead atoms. The van der Waals surface area contributed by atoms with E-state index in [0.29, 0.717) is 28.4 Å². The fraction of sp³-hybridized carbons (Fsp3) is 0.600. The van der Waals surface area contributed by atoms with Crippen molar-refractivity contribution in [2.24, 2.45) is 0 Å². The lowest BCUT2D eigenvalue weighted by molar-refractivity contribution is 0.304. The van der Waals surface area contributed by atoms with Gasteiger partial charge in [0.05, 0.1) is 11.6 Å². The van der Waals surface area contributed by atoms with E-state index in [-0.39, 0.29) is 0 Å². The van der Waals surface area contributed by atoms with E-state index >= 15 is 0 Å². The van der Waals surface area contributed by atoms with Gasteiger partial charge in [0.2, 0.25) is 0 Å². The second kappa shape index (κ2) is 9.46. The van der Waals surface area contributed by atoms with Crippen LogP contribution in [-0.4, -0.2) is 19.2 Å². The molecule has 1 rings (SSSR count). The molecule has 19 heavy (non-hydrogen) atoms. The van der Waals surface area contributed by atoms with Gasteiger partial charge in [-0.1, -0.05) is 49.9 Å². The summed E-state index contributed by atoms with van der Waals surface area (Å²) in [5.41, 5.74) is 0. The normalized spacial score (nSPS) is 11.0. The van der Waals surface area contributed by atoms with E-state index in [2.05, 4.69) is 19.2 Å². The van der Waals surface area contributed by atoms with Crippen LogP contribution in [0, 0.1) is 0 Å². The van der Waals surface area contributed by atoms with E-state index < -0.39 is 0 Å². The summed E-state index contributed by atoms with van der Waals surface area (Å²) in [6.45, 7) is 6.13. The number of benzene rings is 1. The average Bonchev–Trinajstić information content (AvgIpc) is 2.36. The van der Waals surface area contributed by atoms with E-state index in [1.807, 2.05) is 0 Å². The molecular formula is C15H23Cl2NO. The summed E-state index contributed by atoms with van der Waals surface area (Å²) >= 11 is 11.9. The molecule has 0 fully saturated rings. The van der Waals surface area contributed by atoms with Gasteiger partial charge in [0, 0.05) is 17.1 Å². The minimum Gasteiger partial charge on any atom is -0.492 e. The third-order valence-corrected chi connectivity index (χ3v) is 3.32. The Labute approximate surface area is 126 Å². The van der Waals surface area contributed by atoms with Crippen molar-refractivity contribution in [1.29, 1.82) is 0 Å². The van der Waals surface area contributed by atoms with E-state index in [4.69, 9.17) is 27.9 Å². The highest BCUT2D eigenvalue weighted by molar-refractivity contribution is 6.34. The third kappa shape index (κ3) is 7.66. The number of halogens is 2. The third-order valence-electron chi connectivity index (χ3n) is 2.77. The van der Waals surface area contributed by atoms with Gasteiger partial charge in [-0.15, -0.1) is 0 Å². The molecule has 0 amide bonds. The molecule has 4 heteroatoms. The number of hydrogen-bond donors (Lipinski definition) is 1. The molecule has 2 nitrogen and oxygen atoms in total. The first-order chi connectivity index (χ1) is 9.09. The Morgan fingerprint density at radius 1 is 1.11 bits per heavy atom. The van der Waals surface area contributed by atoms with Crippen LogP contribution in [0.3, 0.4) is 0 Å². The van der Waals surface area contributed by atoms with Gasteiger partial charge in [0.1, 0.15) is 5.75 Å². The number of ether oxygens (including phenoxy) is 1. The summed E-state index contributed by atoms with van der Waals surface area (Å²) in [7, 11) is 0. The molecule has 0 unspecified atom stereocenters. The Hall–Kier alpha value is -0.440. The minimum absolute atomic E-state index is 0.577. The molecule has 0 aliphatic carbocycles.